The van der Waals surface area contributed by atoms with Gasteiger partial charge < -0.3 is 9.63 Å². The Balaban J connectivity index is 2.32. The molecule has 0 aliphatic heterocycles. The van der Waals surface area contributed by atoms with Crippen LogP contribution >= 0.6 is 0 Å². The number of hydrogen-bond donors (Lipinski definition) is 1. The highest BCUT2D eigenvalue weighted by Gasteiger charge is 2.25. The van der Waals surface area contributed by atoms with Crippen molar-refractivity contribution in [3.05, 3.63) is 47.2 Å². The van der Waals surface area contributed by atoms with Crippen molar-refractivity contribution < 1.29 is 19.2 Å². The highest BCUT2D eigenvalue weighted by atomic mass is 16.5. The van der Waals surface area contributed by atoms with Gasteiger partial charge in [-0.2, -0.15) is 0 Å². The molecular formula is C16H18N2O4. The number of carbonyl (C=O) groups excluding carboxylic acids is 1. The summed E-state index contributed by atoms with van der Waals surface area (Å²) in [5.41, 5.74) is 1.52. The van der Waals surface area contributed by atoms with Crippen molar-refractivity contribution in [1.82, 2.24) is 5.16 Å². The summed E-state index contributed by atoms with van der Waals surface area (Å²) < 4.78 is 5.00. The number of benzene rings is 1. The van der Waals surface area contributed by atoms with Gasteiger partial charge in [-0.05, 0) is 26.0 Å². The van der Waals surface area contributed by atoms with E-state index in [0.29, 0.717) is 17.1 Å². The van der Waals surface area contributed by atoms with Gasteiger partial charge in [0.15, 0.2) is 5.82 Å². The maximum atomic E-state index is 12.7. The lowest BCUT2D eigenvalue weighted by atomic mass is 10.1. The summed E-state index contributed by atoms with van der Waals surface area (Å²) in [5, 5.41) is 12.9. The van der Waals surface area contributed by atoms with Crippen LogP contribution in [0, 0.1) is 19.8 Å². The molecule has 0 radical (unpaired) electrons. The van der Waals surface area contributed by atoms with Crippen LogP contribution in [-0.2, 0) is 4.79 Å². The number of aryl methyl sites for hydroxylation is 2. The number of aliphatic carboxylic acids is 1. The molecule has 1 aromatic heterocycles. The summed E-state index contributed by atoms with van der Waals surface area (Å²) in [6, 6.07) is 8.70. The van der Waals surface area contributed by atoms with E-state index in [1.807, 2.05) is 19.1 Å². The number of nitrogens with zero attached hydrogens (tertiary/aromatic N) is 2. The van der Waals surface area contributed by atoms with E-state index in [1.54, 1.807) is 32.0 Å². The second-order valence-electron chi connectivity index (χ2n) is 5.32. The Labute approximate surface area is 128 Å². The molecule has 22 heavy (non-hydrogen) atoms. The fourth-order valence-electron chi connectivity index (χ4n) is 1.96. The average Bonchev–Trinajstić information content (AvgIpc) is 2.90. The van der Waals surface area contributed by atoms with Crippen molar-refractivity contribution in [1.29, 1.82) is 0 Å². The number of carboxylic acid groups (broad SMARTS) is 1. The van der Waals surface area contributed by atoms with Crippen molar-refractivity contribution >= 4 is 17.7 Å². The van der Waals surface area contributed by atoms with E-state index < -0.39 is 11.9 Å². The molecular weight excluding hydrogens is 284 g/mol. The number of aromatic nitrogens is 1. The van der Waals surface area contributed by atoms with Crippen molar-refractivity contribution in [2.24, 2.45) is 5.92 Å². The quantitative estimate of drug-likeness (QED) is 0.918. The van der Waals surface area contributed by atoms with Gasteiger partial charge in [-0.15, -0.1) is 0 Å². The summed E-state index contributed by atoms with van der Waals surface area (Å²) in [5.74, 6) is -1.12. The van der Waals surface area contributed by atoms with E-state index >= 15 is 0 Å². The Morgan fingerprint density at radius 3 is 2.41 bits per heavy atom. The van der Waals surface area contributed by atoms with Crippen LogP contribution in [0.5, 0.6) is 0 Å². The lowest BCUT2D eigenvalue weighted by molar-refractivity contribution is -0.140. The van der Waals surface area contributed by atoms with Gasteiger partial charge in [0.25, 0.3) is 5.91 Å². The molecule has 1 amide bonds. The minimum absolute atomic E-state index is 0.0218. The summed E-state index contributed by atoms with van der Waals surface area (Å²) >= 11 is 0. The minimum atomic E-state index is -0.970. The summed E-state index contributed by atoms with van der Waals surface area (Å²) in [7, 11) is 0. The van der Waals surface area contributed by atoms with Gasteiger partial charge in [0.05, 0.1) is 5.92 Å². The van der Waals surface area contributed by atoms with E-state index in [0.717, 1.165) is 5.56 Å². The number of hydrogen-bond acceptors (Lipinski definition) is 4. The maximum Gasteiger partial charge on any atom is 0.308 e. The summed E-state index contributed by atoms with van der Waals surface area (Å²) in [6.07, 6.45) is 0. The molecule has 116 valence electrons. The van der Waals surface area contributed by atoms with Crippen LogP contribution in [-0.4, -0.2) is 28.7 Å². The Hall–Kier alpha value is -2.63. The van der Waals surface area contributed by atoms with Crippen LogP contribution in [0.3, 0.4) is 0 Å². The predicted octanol–water partition coefficient (Wildman–Crippen LogP) is 2.66. The van der Waals surface area contributed by atoms with Gasteiger partial charge in [0.2, 0.25) is 0 Å². The lowest BCUT2D eigenvalue weighted by Crippen LogP contribution is -2.37. The molecule has 2 aromatic rings. The van der Waals surface area contributed by atoms with Gasteiger partial charge >= 0.3 is 5.97 Å². The van der Waals surface area contributed by atoms with Gasteiger partial charge in [-0.1, -0.05) is 29.8 Å². The smallest absolute Gasteiger partial charge is 0.308 e. The first-order chi connectivity index (χ1) is 10.4. The molecule has 0 saturated heterocycles. The van der Waals surface area contributed by atoms with Gasteiger partial charge in [-0.3, -0.25) is 14.5 Å². The van der Waals surface area contributed by atoms with Crippen LogP contribution in [0.4, 0.5) is 5.82 Å². The van der Waals surface area contributed by atoms with Crippen LogP contribution in [0.15, 0.2) is 34.9 Å². The van der Waals surface area contributed by atoms with E-state index in [2.05, 4.69) is 5.16 Å². The van der Waals surface area contributed by atoms with E-state index in [1.165, 1.54) is 4.90 Å². The monoisotopic (exact) mass is 302 g/mol. The predicted molar refractivity (Wildman–Crippen MR) is 80.9 cm³/mol. The van der Waals surface area contributed by atoms with Crippen LogP contribution < -0.4 is 4.90 Å². The van der Waals surface area contributed by atoms with Crippen molar-refractivity contribution in [2.75, 3.05) is 11.4 Å². The molecule has 6 nitrogen and oxygen atoms in total. The SMILES string of the molecule is Cc1ccc(C(=O)N(CC(C)C(=O)O)c2cc(C)on2)cc1. The zero-order valence-corrected chi connectivity index (χ0v) is 12.7. The Morgan fingerprint density at radius 2 is 1.91 bits per heavy atom. The molecule has 0 spiro atoms. The largest absolute Gasteiger partial charge is 0.481 e. The van der Waals surface area contributed by atoms with Crippen molar-refractivity contribution in [2.45, 2.75) is 20.8 Å². The highest BCUT2D eigenvalue weighted by Crippen LogP contribution is 2.19. The standard InChI is InChI=1S/C16H18N2O4/c1-10-4-6-13(7-5-10)15(19)18(9-11(2)16(20)21)14-8-12(3)22-17-14/h4-8,11H,9H2,1-3H3,(H,20,21). The topological polar surface area (TPSA) is 83.6 Å². The second-order valence-corrected chi connectivity index (χ2v) is 5.32. The summed E-state index contributed by atoms with van der Waals surface area (Å²) in [6.45, 7) is 5.21. The average molecular weight is 302 g/mol. The zero-order valence-electron chi connectivity index (χ0n) is 12.7. The molecule has 1 unspecified atom stereocenters. The van der Waals surface area contributed by atoms with E-state index in [9.17, 15) is 9.59 Å². The highest BCUT2D eigenvalue weighted by molar-refractivity contribution is 6.05. The molecule has 0 bridgehead atoms. The van der Waals surface area contributed by atoms with Gasteiger partial charge in [0.1, 0.15) is 5.76 Å². The first-order valence-electron chi connectivity index (χ1n) is 6.93. The number of carbonyl (C=O) groups is 2. The molecule has 0 aliphatic carbocycles. The maximum absolute atomic E-state index is 12.7. The van der Waals surface area contributed by atoms with Gasteiger partial charge in [-0.25, -0.2) is 0 Å². The van der Waals surface area contributed by atoms with Crippen molar-refractivity contribution in [3.8, 4) is 0 Å². The first-order valence-corrected chi connectivity index (χ1v) is 6.93. The second kappa shape index (κ2) is 6.43. The number of amides is 1. The fraction of sp³-hybridized carbons (Fsp3) is 0.312. The Morgan fingerprint density at radius 1 is 1.27 bits per heavy atom. The molecule has 1 heterocycles. The molecule has 0 fully saturated rings. The van der Waals surface area contributed by atoms with Gasteiger partial charge in [0, 0.05) is 18.2 Å². The molecule has 0 aliphatic rings. The minimum Gasteiger partial charge on any atom is -0.481 e. The first kappa shape index (κ1) is 15.8. The van der Waals surface area contributed by atoms with Crippen LogP contribution in [0.1, 0.15) is 28.6 Å². The number of rotatable bonds is 5. The molecule has 1 aromatic carbocycles. The molecule has 0 saturated carbocycles. The molecule has 1 atom stereocenters. The van der Waals surface area contributed by atoms with E-state index in [4.69, 9.17) is 9.63 Å². The van der Waals surface area contributed by atoms with E-state index in [-0.39, 0.29) is 12.5 Å². The zero-order chi connectivity index (χ0) is 16.3. The number of anilines is 1. The van der Waals surface area contributed by atoms with Crippen LogP contribution in [0.25, 0.3) is 0 Å². The van der Waals surface area contributed by atoms with Crippen LogP contribution in [0.2, 0.25) is 0 Å². The third-order valence-electron chi connectivity index (χ3n) is 3.31. The summed E-state index contributed by atoms with van der Waals surface area (Å²) in [4.78, 5) is 25.1. The Bertz CT molecular complexity index is 676. The Kier molecular flexibility index (Phi) is 4.60. The molecule has 2 rings (SSSR count). The third-order valence-corrected chi connectivity index (χ3v) is 3.31. The normalized spacial score (nSPS) is 12.0. The van der Waals surface area contributed by atoms with Crippen molar-refractivity contribution in [3.63, 3.8) is 0 Å². The lowest BCUT2D eigenvalue weighted by Gasteiger charge is -2.21. The third kappa shape index (κ3) is 3.52. The number of carboxylic acids is 1. The molecule has 6 heteroatoms. The fourth-order valence-corrected chi connectivity index (χ4v) is 1.96. The molecule has 1 N–H and O–H groups in total.